The molecule has 0 spiro atoms. The molecule has 0 atom stereocenters. The Hall–Kier alpha value is -2.55. The van der Waals surface area contributed by atoms with Crippen LogP contribution in [0, 0.1) is 0 Å². The van der Waals surface area contributed by atoms with Crippen LogP contribution >= 0.6 is 0 Å². The van der Waals surface area contributed by atoms with E-state index in [1.54, 1.807) is 6.08 Å². The number of nitrogens with zero attached hydrogens (tertiary/aromatic N) is 1. The van der Waals surface area contributed by atoms with Crippen molar-refractivity contribution in [2.45, 2.75) is 19.7 Å². The number of hydrogen-bond donors (Lipinski definition) is 0. The molecule has 156 valence electrons. The molecule has 2 aromatic rings. The number of carbonyl (C=O) groups excluding carboxylic acids is 1. The molecule has 2 aromatic carbocycles. The van der Waals surface area contributed by atoms with E-state index in [0.29, 0.717) is 11.0 Å². The number of esters is 1. The van der Waals surface area contributed by atoms with Crippen molar-refractivity contribution in [3.05, 3.63) is 77.4 Å². The summed E-state index contributed by atoms with van der Waals surface area (Å²) in [6, 6.07) is 15.7. The minimum absolute atomic E-state index is 0.126. The monoisotopic (exact) mass is 422 g/mol. The molecule has 0 radical (unpaired) electrons. The second-order valence-corrected chi connectivity index (χ2v) is 8.93. The van der Waals surface area contributed by atoms with Crippen LogP contribution in [0.4, 0.5) is 4.53 Å². The summed E-state index contributed by atoms with van der Waals surface area (Å²) in [5.41, 5.74) is 3.80. The van der Waals surface area contributed by atoms with Crippen LogP contribution in [0.1, 0.15) is 22.3 Å². The second-order valence-electron chi connectivity index (χ2n) is 7.40. The maximum Gasteiger partial charge on any atom is 0.324 e. The van der Waals surface area contributed by atoms with Gasteiger partial charge in [-0.3, -0.25) is 4.79 Å². The van der Waals surface area contributed by atoms with Gasteiger partial charge in [0.25, 0.3) is 0 Å². The molecule has 0 saturated carbocycles. The SMILES string of the molecule is C=Cc1ccc(COC(=O)CS(=O)(=O)OF)c(C[N+](C)(C)Cc2ccccc2)c1. The van der Waals surface area contributed by atoms with E-state index in [4.69, 9.17) is 4.74 Å². The van der Waals surface area contributed by atoms with Crippen LogP contribution in [0.3, 0.4) is 0 Å². The first-order chi connectivity index (χ1) is 13.6. The first-order valence-electron chi connectivity index (χ1n) is 8.93. The average molecular weight is 422 g/mol. The third-order valence-corrected chi connectivity index (χ3v) is 5.08. The highest BCUT2D eigenvalue weighted by molar-refractivity contribution is 7.87. The Labute approximate surface area is 170 Å². The van der Waals surface area contributed by atoms with Crippen LogP contribution in [-0.2, 0) is 43.7 Å². The van der Waals surface area contributed by atoms with E-state index in [9.17, 15) is 17.7 Å². The lowest BCUT2D eigenvalue weighted by Gasteiger charge is -2.31. The van der Waals surface area contributed by atoms with Gasteiger partial charge in [-0.25, -0.2) is 0 Å². The number of rotatable bonds is 10. The molecule has 0 aromatic heterocycles. The van der Waals surface area contributed by atoms with Gasteiger partial charge in [0.05, 0.1) is 14.1 Å². The molecule has 0 saturated heterocycles. The third kappa shape index (κ3) is 7.41. The fraction of sp³-hybridized carbons (Fsp3) is 0.286. The van der Waals surface area contributed by atoms with E-state index in [0.717, 1.165) is 23.2 Å². The van der Waals surface area contributed by atoms with Gasteiger partial charge in [-0.1, -0.05) is 59.5 Å². The molecule has 8 heteroatoms. The van der Waals surface area contributed by atoms with Gasteiger partial charge < -0.3 is 9.22 Å². The summed E-state index contributed by atoms with van der Waals surface area (Å²) in [5, 5.41) is 0. The van der Waals surface area contributed by atoms with Crippen LogP contribution in [0.5, 0.6) is 0 Å². The number of benzene rings is 2. The van der Waals surface area contributed by atoms with Crippen molar-refractivity contribution in [3.8, 4) is 0 Å². The van der Waals surface area contributed by atoms with Crippen LogP contribution in [0.15, 0.2) is 55.1 Å². The predicted molar refractivity (Wildman–Crippen MR) is 108 cm³/mol. The van der Waals surface area contributed by atoms with E-state index < -0.39 is 21.8 Å². The van der Waals surface area contributed by atoms with E-state index in [2.05, 4.69) is 37.2 Å². The van der Waals surface area contributed by atoms with Gasteiger partial charge in [-0.05, 0) is 21.7 Å². The molecule has 6 nitrogen and oxygen atoms in total. The number of hydrogen-bond acceptors (Lipinski definition) is 5. The Balaban J connectivity index is 2.15. The molecule has 0 fully saturated rings. The number of ether oxygens (including phenoxy) is 1. The van der Waals surface area contributed by atoms with Crippen molar-refractivity contribution < 1.29 is 31.3 Å². The first-order valence-corrected chi connectivity index (χ1v) is 10.5. The summed E-state index contributed by atoms with van der Waals surface area (Å²) in [6.45, 7) is 5.10. The minimum Gasteiger partial charge on any atom is -0.460 e. The molecule has 0 bridgehead atoms. The Morgan fingerprint density at radius 3 is 2.41 bits per heavy atom. The summed E-state index contributed by atoms with van der Waals surface area (Å²) < 4.78 is 42.4. The standard InChI is InChI=1S/C21H25FNO5S/c1-4-17-10-11-19(15-27-21(24)16-29(25,26)28-22)20(12-17)14-23(2,3)13-18-8-6-5-7-9-18/h4-12H,1,13-16H2,2-3H3/q+1. The Bertz CT molecular complexity index is 958. The summed E-state index contributed by atoms with van der Waals surface area (Å²) >= 11 is 0. The van der Waals surface area contributed by atoms with Crippen LogP contribution in [-0.4, -0.2) is 38.7 Å². The summed E-state index contributed by atoms with van der Waals surface area (Å²) in [4.78, 5) is 11.7. The van der Waals surface area contributed by atoms with Crippen LogP contribution < -0.4 is 0 Å². The zero-order valence-electron chi connectivity index (χ0n) is 16.5. The lowest BCUT2D eigenvalue weighted by Crippen LogP contribution is -2.38. The highest BCUT2D eigenvalue weighted by atomic mass is 32.2. The number of halogens is 1. The molecule has 0 heterocycles. The number of carbonyl (C=O) groups is 1. The summed E-state index contributed by atoms with van der Waals surface area (Å²) in [5.74, 6) is -2.27. The molecule has 29 heavy (non-hydrogen) atoms. The third-order valence-electron chi connectivity index (χ3n) is 4.30. The molecule has 0 amide bonds. The molecule has 2 rings (SSSR count). The van der Waals surface area contributed by atoms with Crippen molar-refractivity contribution >= 4 is 22.2 Å². The quantitative estimate of drug-likeness (QED) is 0.434. The van der Waals surface area contributed by atoms with Gasteiger partial charge in [0, 0.05) is 11.1 Å². The second kappa shape index (κ2) is 9.78. The largest absolute Gasteiger partial charge is 0.460 e. The van der Waals surface area contributed by atoms with Gasteiger partial charge in [0.15, 0.2) is 5.75 Å². The van der Waals surface area contributed by atoms with Gasteiger partial charge in [0.2, 0.25) is 0 Å². The van der Waals surface area contributed by atoms with Crippen LogP contribution in [0.25, 0.3) is 6.08 Å². The molecule has 0 unspecified atom stereocenters. The van der Waals surface area contributed by atoms with Gasteiger partial charge in [-0.2, -0.15) is 8.42 Å². The fourth-order valence-corrected chi connectivity index (χ4v) is 3.44. The van der Waals surface area contributed by atoms with E-state index in [1.807, 2.05) is 36.4 Å². The lowest BCUT2D eigenvalue weighted by molar-refractivity contribution is -0.916. The van der Waals surface area contributed by atoms with Crippen LogP contribution in [0.2, 0.25) is 0 Å². The maximum atomic E-state index is 11.9. The smallest absolute Gasteiger partial charge is 0.324 e. The molecular formula is C21H25FNO5S+. The van der Waals surface area contributed by atoms with E-state index in [1.165, 1.54) is 5.56 Å². The zero-order valence-corrected chi connectivity index (χ0v) is 17.3. The normalized spacial score (nSPS) is 11.8. The molecule has 0 aliphatic rings. The first kappa shape index (κ1) is 22.7. The Morgan fingerprint density at radius 1 is 1.10 bits per heavy atom. The minimum atomic E-state index is -4.56. The van der Waals surface area contributed by atoms with Crippen molar-refractivity contribution in [2.24, 2.45) is 0 Å². The van der Waals surface area contributed by atoms with Crippen molar-refractivity contribution in [1.82, 2.24) is 0 Å². The topological polar surface area (TPSA) is 69.7 Å². The van der Waals surface area contributed by atoms with Gasteiger partial charge in [-0.15, -0.1) is 0 Å². The van der Waals surface area contributed by atoms with Gasteiger partial charge in [0.1, 0.15) is 19.7 Å². The molecule has 0 N–H and O–H groups in total. The van der Waals surface area contributed by atoms with Gasteiger partial charge >= 0.3 is 16.1 Å². The number of quaternary nitrogens is 1. The molecule has 0 aliphatic heterocycles. The lowest BCUT2D eigenvalue weighted by atomic mass is 10.0. The predicted octanol–water partition coefficient (Wildman–Crippen LogP) is 3.38. The highest BCUT2D eigenvalue weighted by Gasteiger charge is 2.22. The van der Waals surface area contributed by atoms with Crippen molar-refractivity contribution in [1.29, 1.82) is 0 Å². The summed E-state index contributed by atoms with van der Waals surface area (Å²) in [6.07, 6.45) is 1.72. The molecular weight excluding hydrogens is 397 g/mol. The maximum absolute atomic E-state index is 11.9. The Kier molecular flexibility index (Phi) is 7.66. The Morgan fingerprint density at radius 2 is 1.79 bits per heavy atom. The van der Waals surface area contributed by atoms with E-state index >= 15 is 0 Å². The highest BCUT2D eigenvalue weighted by Crippen LogP contribution is 2.21. The molecule has 0 aliphatic carbocycles. The fourth-order valence-electron chi connectivity index (χ4n) is 3.02. The van der Waals surface area contributed by atoms with Crippen molar-refractivity contribution in [3.63, 3.8) is 0 Å². The van der Waals surface area contributed by atoms with E-state index in [-0.39, 0.29) is 6.61 Å². The average Bonchev–Trinajstić information content (AvgIpc) is 2.66. The summed E-state index contributed by atoms with van der Waals surface area (Å²) in [7, 11) is -0.381. The zero-order chi connectivity index (χ0) is 21.5. The van der Waals surface area contributed by atoms with Crippen molar-refractivity contribution in [2.75, 3.05) is 19.8 Å².